The maximum Gasteiger partial charge on any atom is 0.251 e. The van der Waals surface area contributed by atoms with Crippen LogP contribution >= 0.6 is 23.6 Å². The van der Waals surface area contributed by atoms with Gasteiger partial charge in [0.25, 0.3) is 5.91 Å². The highest BCUT2D eigenvalue weighted by atomic mass is 32.1. The first-order valence-electron chi connectivity index (χ1n) is 12.5. The molecule has 0 aliphatic carbocycles. The highest BCUT2D eigenvalue weighted by molar-refractivity contribution is 7.73. The van der Waals surface area contributed by atoms with Crippen molar-refractivity contribution in [3.63, 3.8) is 0 Å². The summed E-state index contributed by atoms with van der Waals surface area (Å²) >= 11 is 6.14. The van der Waals surface area contributed by atoms with Gasteiger partial charge in [0.2, 0.25) is 16.9 Å². The quantitative estimate of drug-likeness (QED) is 0.204. The molecule has 0 unspecified atom stereocenters. The van der Waals surface area contributed by atoms with Gasteiger partial charge in [-0.1, -0.05) is 98.0 Å². The molecule has 39 heavy (non-hydrogen) atoms. The minimum atomic E-state index is -0.907. The highest BCUT2D eigenvalue weighted by Gasteiger charge is 2.29. The predicted molar refractivity (Wildman–Crippen MR) is 156 cm³/mol. The van der Waals surface area contributed by atoms with Crippen LogP contribution < -0.4 is 16.0 Å². The SMILES string of the molecule is CC(C)[C@H](NC(=O)[C@H](Cc1ccccc1)NC(=O)c1ccc(-c2ccccc2)cc1)C(=O)Nc1n[nH]c(=S)s1. The Labute approximate surface area is 235 Å². The fourth-order valence-corrected chi connectivity index (χ4v) is 4.79. The highest BCUT2D eigenvalue weighted by Crippen LogP contribution is 2.19. The van der Waals surface area contributed by atoms with E-state index in [1.54, 1.807) is 12.1 Å². The van der Waals surface area contributed by atoms with E-state index in [0.29, 0.717) is 14.6 Å². The molecule has 0 saturated carbocycles. The third-order valence-electron chi connectivity index (χ3n) is 6.07. The summed E-state index contributed by atoms with van der Waals surface area (Å²) in [4.78, 5) is 39.7. The van der Waals surface area contributed by atoms with Crippen LogP contribution in [-0.4, -0.2) is 40.0 Å². The lowest BCUT2D eigenvalue weighted by Gasteiger charge is -2.25. The molecule has 0 bridgehead atoms. The van der Waals surface area contributed by atoms with E-state index in [1.807, 2.05) is 86.6 Å². The molecule has 3 aromatic carbocycles. The number of benzene rings is 3. The number of rotatable bonds is 10. The van der Waals surface area contributed by atoms with E-state index in [1.165, 1.54) is 0 Å². The zero-order valence-corrected chi connectivity index (χ0v) is 23.1. The second-order valence-electron chi connectivity index (χ2n) is 9.30. The summed E-state index contributed by atoms with van der Waals surface area (Å²) in [5.74, 6) is -1.49. The summed E-state index contributed by atoms with van der Waals surface area (Å²) in [6.45, 7) is 3.66. The summed E-state index contributed by atoms with van der Waals surface area (Å²) in [7, 11) is 0. The second-order valence-corrected chi connectivity index (χ2v) is 11.0. The van der Waals surface area contributed by atoms with Crippen LogP contribution in [0.25, 0.3) is 11.1 Å². The maximum absolute atomic E-state index is 13.5. The predicted octanol–water partition coefficient (Wildman–Crippen LogP) is 4.99. The lowest BCUT2D eigenvalue weighted by molar-refractivity contribution is -0.128. The largest absolute Gasteiger partial charge is 0.342 e. The number of carbonyl (C=O) groups is 3. The normalized spacial score (nSPS) is 12.4. The van der Waals surface area contributed by atoms with E-state index < -0.39 is 23.9 Å². The van der Waals surface area contributed by atoms with Gasteiger partial charge in [0.05, 0.1) is 0 Å². The number of aromatic amines is 1. The van der Waals surface area contributed by atoms with Gasteiger partial charge in [-0.05, 0) is 47.0 Å². The Hall–Kier alpha value is -4.15. The Bertz CT molecular complexity index is 1470. The summed E-state index contributed by atoms with van der Waals surface area (Å²) in [5, 5.41) is 15.3. The van der Waals surface area contributed by atoms with Gasteiger partial charge in [-0.25, -0.2) is 0 Å². The van der Waals surface area contributed by atoms with E-state index >= 15 is 0 Å². The third-order valence-corrected chi connectivity index (χ3v) is 7.08. The van der Waals surface area contributed by atoms with Crippen molar-refractivity contribution in [3.8, 4) is 11.1 Å². The van der Waals surface area contributed by atoms with E-state index in [-0.39, 0.29) is 18.2 Å². The molecule has 0 aliphatic heterocycles. The molecule has 0 radical (unpaired) electrons. The number of aromatic nitrogens is 2. The molecule has 0 aliphatic rings. The van der Waals surface area contributed by atoms with Crippen molar-refractivity contribution in [1.82, 2.24) is 20.8 Å². The Morgan fingerprint density at radius 1 is 0.846 bits per heavy atom. The smallest absolute Gasteiger partial charge is 0.251 e. The van der Waals surface area contributed by atoms with Crippen molar-refractivity contribution in [2.45, 2.75) is 32.4 Å². The summed E-state index contributed by atoms with van der Waals surface area (Å²) < 4.78 is 0.429. The van der Waals surface area contributed by atoms with Crippen LogP contribution in [0.4, 0.5) is 5.13 Å². The molecule has 0 saturated heterocycles. The molecular weight excluding hydrogens is 530 g/mol. The van der Waals surface area contributed by atoms with Gasteiger partial charge in [-0.15, -0.1) is 5.10 Å². The van der Waals surface area contributed by atoms with Gasteiger partial charge >= 0.3 is 0 Å². The number of nitrogens with one attached hydrogen (secondary N) is 4. The monoisotopic (exact) mass is 559 g/mol. The van der Waals surface area contributed by atoms with E-state index in [0.717, 1.165) is 28.0 Å². The van der Waals surface area contributed by atoms with Crippen molar-refractivity contribution >= 4 is 46.4 Å². The molecule has 3 amide bonds. The first-order valence-corrected chi connectivity index (χ1v) is 13.7. The van der Waals surface area contributed by atoms with Gasteiger partial charge in [0, 0.05) is 12.0 Å². The molecule has 1 heterocycles. The van der Waals surface area contributed by atoms with E-state index in [4.69, 9.17) is 12.2 Å². The number of H-pyrrole nitrogens is 1. The molecule has 8 nitrogen and oxygen atoms in total. The van der Waals surface area contributed by atoms with Gasteiger partial charge in [0.1, 0.15) is 12.1 Å². The minimum Gasteiger partial charge on any atom is -0.342 e. The summed E-state index contributed by atoms with van der Waals surface area (Å²) in [5.41, 5.74) is 3.33. The fraction of sp³-hybridized carbons (Fsp3) is 0.207. The van der Waals surface area contributed by atoms with Crippen LogP contribution in [0.2, 0.25) is 0 Å². The maximum atomic E-state index is 13.5. The van der Waals surface area contributed by atoms with Crippen molar-refractivity contribution in [2.75, 3.05) is 5.32 Å². The Morgan fingerprint density at radius 3 is 2.05 bits per heavy atom. The van der Waals surface area contributed by atoms with Gasteiger partial charge in [0.15, 0.2) is 3.95 Å². The van der Waals surface area contributed by atoms with Crippen LogP contribution in [0, 0.1) is 9.87 Å². The van der Waals surface area contributed by atoms with Gasteiger partial charge < -0.3 is 10.6 Å². The zero-order valence-electron chi connectivity index (χ0n) is 21.5. The fourth-order valence-electron chi connectivity index (χ4n) is 4.00. The van der Waals surface area contributed by atoms with Crippen molar-refractivity contribution in [3.05, 3.63) is 100 Å². The summed E-state index contributed by atoms with van der Waals surface area (Å²) in [6, 6.07) is 24.7. The number of carbonyl (C=O) groups excluding carboxylic acids is 3. The minimum absolute atomic E-state index is 0.223. The van der Waals surface area contributed by atoms with Crippen LogP contribution in [0.5, 0.6) is 0 Å². The topological polar surface area (TPSA) is 116 Å². The molecule has 0 fully saturated rings. The number of hydrogen-bond donors (Lipinski definition) is 4. The van der Waals surface area contributed by atoms with Crippen molar-refractivity contribution < 1.29 is 14.4 Å². The zero-order chi connectivity index (χ0) is 27.8. The molecule has 0 spiro atoms. The number of nitrogens with zero attached hydrogens (tertiary/aromatic N) is 1. The molecule has 4 aromatic rings. The Morgan fingerprint density at radius 2 is 1.46 bits per heavy atom. The van der Waals surface area contributed by atoms with Crippen LogP contribution in [0.15, 0.2) is 84.9 Å². The first-order chi connectivity index (χ1) is 18.8. The van der Waals surface area contributed by atoms with Crippen LogP contribution in [0.3, 0.4) is 0 Å². The molecule has 4 rings (SSSR count). The molecule has 4 N–H and O–H groups in total. The summed E-state index contributed by atoms with van der Waals surface area (Å²) in [6.07, 6.45) is 0.258. The lowest BCUT2D eigenvalue weighted by Crippen LogP contribution is -2.55. The van der Waals surface area contributed by atoms with E-state index in [2.05, 4.69) is 26.1 Å². The molecule has 200 valence electrons. The van der Waals surface area contributed by atoms with Crippen LogP contribution in [0.1, 0.15) is 29.8 Å². The average molecular weight is 560 g/mol. The third kappa shape index (κ3) is 7.68. The number of hydrogen-bond acceptors (Lipinski definition) is 6. The average Bonchev–Trinajstić information content (AvgIpc) is 3.36. The van der Waals surface area contributed by atoms with Crippen molar-refractivity contribution in [1.29, 1.82) is 0 Å². The molecular formula is C29H29N5O3S2. The lowest BCUT2D eigenvalue weighted by atomic mass is 10.0. The molecule has 1 aromatic heterocycles. The molecule has 2 atom stereocenters. The van der Waals surface area contributed by atoms with E-state index in [9.17, 15) is 14.4 Å². The number of amides is 3. The van der Waals surface area contributed by atoms with Crippen molar-refractivity contribution in [2.24, 2.45) is 5.92 Å². The van der Waals surface area contributed by atoms with Gasteiger partial charge in [-0.2, -0.15) is 0 Å². The van der Waals surface area contributed by atoms with Crippen LogP contribution in [-0.2, 0) is 16.0 Å². The first kappa shape index (κ1) is 27.9. The standard InChI is InChI=1S/C29H29N5O3S2/c1-18(2)24(27(37)32-28-33-34-29(38)39-28)31-26(36)23(17-19-9-5-3-6-10-19)30-25(35)22-15-13-21(14-16-22)20-11-7-4-8-12-20/h3-16,18,23-24H,17H2,1-2H3,(H,30,35)(H,31,36)(H,34,38)(H,32,33,37)/t23-,24-/m0/s1. The number of anilines is 1. The Kier molecular flexibility index (Phi) is 9.35. The molecule has 10 heteroatoms. The van der Waals surface area contributed by atoms with Gasteiger partial charge in [-0.3, -0.25) is 24.8 Å². The second kappa shape index (κ2) is 13.1. The Balaban J connectivity index is 1.50.